The van der Waals surface area contributed by atoms with E-state index in [1.54, 1.807) is 78.9 Å². The summed E-state index contributed by atoms with van der Waals surface area (Å²) in [5.41, 5.74) is 4.55. The van der Waals surface area contributed by atoms with Crippen molar-refractivity contribution in [2.24, 2.45) is 10.2 Å². The Morgan fingerprint density at radius 2 is 1.37 bits per heavy atom. The summed E-state index contributed by atoms with van der Waals surface area (Å²) in [6.45, 7) is 1.93. The highest BCUT2D eigenvalue weighted by atomic mass is 32.2. The van der Waals surface area contributed by atoms with Crippen molar-refractivity contribution >= 4 is 64.2 Å². The van der Waals surface area contributed by atoms with Crippen LogP contribution in [0.2, 0.25) is 0 Å². The van der Waals surface area contributed by atoms with Crippen molar-refractivity contribution in [2.45, 2.75) is 23.5 Å². The molecule has 5 aromatic rings. The van der Waals surface area contributed by atoms with Crippen LogP contribution in [0.3, 0.4) is 0 Å². The van der Waals surface area contributed by atoms with Gasteiger partial charge < -0.3 is 10.6 Å². The number of rotatable bonds is 10. The van der Waals surface area contributed by atoms with Gasteiger partial charge in [-0.25, -0.2) is 4.90 Å². The number of benzene rings is 5. The molecule has 2 N–H and O–H groups in total. The minimum absolute atomic E-state index is 0.0611. The summed E-state index contributed by atoms with van der Waals surface area (Å²) in [5.74, 6) is -1.48. The first-order valence-corrected chi connectivity index (χ1v) is 16.4. The average Bonchev–Trinajstić information content (AvgIpc) is 3.41. The quantitative estimate of drug-likeness (QED) is 0.0885. The van der Waals surface area contributed by atoms with Crippen LogP contribution in [-0.4, -0.2) is 28.9 Å². The van der Waals surface area contributed by atoms with E-state index in [0.717, 1.165) is 21.7 Å². The lowest BCUT2D eigenvalue weighted by Gasteiger charge is -2.15. The molecule has 1 aliphatic heterocycles. The lowest BCUT2D eigenvalue weighted by atomic mass is 10.1. The van der Waals surface area contributed by atoms with Crippen LogP contribution in [0.4, 0.5) is 22.7 Å². The van der Waals surface area contributed by atoms with Gasteiger partial charge in [-0.15, -0.1) is 11.8 Å². The summed E-state index contributed by atoms with van der Waals surface area (Å²) < 4.78 is 0. The summed E-state index contributed by atoms with van der Waals surface area (Å²) >= 11 is 1.29. The Labute approximate surface area is 287 Å². The van der Waals surface area contributed by atoms with E-state index in [0.29, 0.717) is 22.6 Å². The van der Waals surface area contributed by atoms with E-state index in [-0.39, 0.29) is 23.9 Å². The maximum absolute atomic E-state index is 13.4. The molecule has 0 aliphatic carbocycles. The lowest BCUT2D eigenvalue weighted by Crippen LogP contribution is -2.31. The molecule has 4 amide bonds. The zero-order chi connectivity index (χ0) is 34.2. The smallest absolute Gasteiger partial charge is 0.272 e. The van der Waals surface area contributed by atoms with E-state index < -0.39 is 17.1 Å². The number of azo groups is 1. The van der Waals surface area contributed by atoms with Crippen LogP contribution in [0.15, 0.2) is 154 Å². The molecular formula is C39H31N5O4S. The topological polar surface area (TPSA) is 120 Å². The first-order valence-electron chi connectivity index (χ1n) is 15.5. The second-order valence-corrected chi connectivity index (χ2v) is 12.4. The molecule has 49 heavy (non-hydrogen) atoms. The van der Waals surface area contributed by atoms with E-state index >= 15 is 0 Å². The second-order valence-electron chi connectivity index (χ2n) is 11.1. The second kappa shape index (κ2) is 15.2. The van der Waals surface area contributed by atoms with E-state index in [4.69, 9.17) is 0 Å². The van der Waals surface area contributed by atoms with E-state index in [1.165, 1.54) is 16.7 Å². The van der Waals surface area contributed by atoms with E-state index in [1.807, 2.05) is 67.6 Å². The molecule has 0 aromatic heterocycles. The number of carbonyl (C=O) groups is 4. The number of amides is 4. The number of hydrogen-bond acceptors (Lipinski definition) is 7. The Bertz CT molecular complexity index is 2050. The number of nitrogens with one attached hydrogen (secondary N) is 2. The fourth-order valence-electron chi connectivity index (χ4n) is 5.07. The van der Waals surface area contributed by atoms with Gasteiger partial charge in [0.2, 0.25) is 11.8 Å². The predicted octanol–water partition coefficient (Wildman–Crippen LogP) is 8.24. The standard InChI is InChI=1S/C39H31N5O4S/c1-26-10-8-9-13-28(26)24-34(41-37(46)27-11-4-2-5-12-27)38(47)40-29-18-22-33(23-19-29)49-35-25-36(45)44(39(35)48)32-20-16-31(17-21-32)43-42-30-14-6-3-7-15-30/h2-24,35H,25H2,1H3,(H,40,47)(H,41,46). The van der Waals surface area contributed by atoms with Gasteiger partial charge in [0.1, 0.15) is 5.70 Å². The number of carbonyl (C=O) groups excluding carboxylic acids is 4. The zero-order valence-electron chi connectivity index (χ0n) is 26.4. The molecule has 1 fully saturated rings. The van der Waals surface area contributed by atoms with Crippen molar-refractivity contribution in [3.05, 3.63) is 156 Å². The maximum atomic E-state index is 13.4. The highest BCUT2D eigenvalue weighted by Gasteiger charge is 2.40. The average molecular weight is 666 g/mol. The summed E-state index contributed by atoms with van der Waals surface area (Å²) in [5, 5.41) is 13.4. The lowest BCUT2D eigenvalue weighted by molar-refractivity contribution is -0.121. The highest BCUT2D eigenvalue weighted by Crippen LogP contribution is 2.35. The number of thioether (sulfide) groups is 1. The van der Waals surface area contributed by atoms with Gasteiger partial charge in [0.05, 0.1) is 22.3 Å². The molecule has 0 bridgehead atoms. The summed E-state index contributed by atoms with van der Waals surface area (Å²) in [6.07, 6.45) is 1.71. The number of aryl methyl sites for hydroxylation is 1. The van der Waals surface area contributed by atoms with Crippen LogP contribution in [0.25, 0.3) is 6.08 Å². The van der Waals surface area contributed by atoms with Gasteiger partial charge >= 0.3 is 0 Å². The number of imide groups is 1. The Morgan fingerprint density at radius 1 is 0.755 bits per heavy atom. The van der Waals surface area contributed by atoms with Gasteiger partial charge in [-0.3, -0.25) is 19.2 Å². The molecule has 5 aromatic carbocycles. The molecular weight excluding hydrogens is 635 g/mol. The van der Waals surface area contributed by atoms with Crippen LogP contribution < -0.4 is 15.5 Å². The van der Waals surface area contributed by atoms with Crippen molar-refractivity contribution < 1.29 is 19.2 Å². The zero-order valence-corrected chi connectivity index (χ0v) is 27.3. The van der Waals surface area contributed by atoms with Gasteiger partial charge in [0.25, 0.3) is 11.8 Å². The number of nitrogens with zero attached hydrogens (tertiary/aromatic N) is 3. The van der Waals surface area contributed by atoms with Crippen LogP contribution in [-0.2, 0) is 14.4 Å². The molecule has 0 saturated carbocycles. The summed E-state index contributed by atoms with van der Waals surface area (Å²) in [6, 6.07) is 39.4. The molecule has 0 spiro atoms. The minimum Gasteiger partial charge on any atom is -0.321 e. The fourth-order valence-corrected chi connectivity index (χ4v) is 6.13. The first kappa shape index (κ1) is 32.8. The van der Waals surface area contributed by atoms with Crippen molar-refractivity contribution in [2.75, 3.05) is 10.2 Å². The van der Waals surface area contributed by atoms with E-state index in [2.05, 4.69) is 20.9 Å². The molecule has 1 heterocycles. The molecule has 1 unspecified atom stereocenters. The fraction of sp³-hybridized carbons (Fsp3) is 0.0769. The van der Waals surface area contributed by atoms with E-state index in [9.17, 15) is 19.2 Å². The predicted molar refractivity (Wildman–Crippen MR) is 192 cm³/mol. The molecule has 242 valence electrons. The maximum Gasteiger partial charge on any atom is 0.272 e. The third kappa shape index (κ3) is 8.24. The molecule has 6 rings (SSSR count). The molecule has 10 heteroatoms. The van der Waals surface area contributed by atoms with Crippen LogP contribution in [0, 0.1) is 6.92 Å². The Balaban J connectivity index is 1.10. The van der Waals surface area contributed by atoms with Crippen LogP contribution >= 0.6 is 11.8 Å². The normalized spacial score (nSPS) is 14.7. The first-order chi connectivity index (χ1) is 23.8. The third-order valence-corrected chi connectivity index (χ3v) is 8.86. The summed E-state index contributed by atoms with van der Waals surface area (Å²) in [4.78, 5) is 54.6. The SMILES string of the molecule is Cc1ccccc1C=C(NC(=O)c1ccccc1)C(=O)Nc1ccc(SC2CC(=O)N(c3ccc(N=Nc4ccccc4)cc3)C2=O)cc1. The van der Waals surface area contributed by atoms with Crippen molar-refractivity contribution in [1.82, 2.24) is 5.32 Å². The molecule has 1 aliphatic rings. The number of anilines is 2. The van der Waals surface area contributed by atoms with Gasteiger partial charge in [-0.2, -0.15) is 10.2 Å². The van der Waals surface area contributed by atoms with Gasteiger partial charge in [-0.05, 0) is 96.9 Å². The number of hydrogen-bond donors (Lipinski definition) is 2. The van der Waals surface area contributed by atoms with Gasteiger partial charge in [0, 0.05) is 22.6 Å². The summed E-state index contributed by atoms with van der Waals surface area (Å²) in [7, 11) is 0. The van der Waals surface area contributed by atoms with Crippen molar-refractivity contribution in [3.63, 3.8) is 0 Å². The molecule has 9 nitrogen and oxygen atoms in total. The van der Waals surface area contributed by atoms with Crippen molar-refractivity contribution in [1.29, 1.82) is 0 Å². The molecule has 1 atom stereocenters. The van der Waals surface area contributed by atoms with Gasteiger partial charge in [0.15, 0.2) is 0 Å². The monoisotopic (exact) mass is 665 g/mol. The third-order valence-electron chi connectivity index (χ3n) is 7.66. The minimum atomic E-state index is -0.595. The largest absolute Gasteiger partial charge is 0.321 e. The molecule has 1 saturated heterocycles. The Kier molecular flexibility index (Phi) is 10.2. The van der Waals surface area contributed by atoms with Crippen LogP contribution in [0.5, 0.6) is 0 Å². The molecule has 0 radical (unpaired) electrons. The highest BCUT2D eigenvalue weighted by molar-refractivity contribution is 8.00. The van der Waals surface area contributed by atoms with Crippen LogP contribution in [0.1, 0.15) is 27.9 Å². The van der Waals surface area contributed by atoms with Gasteiger partial charge in [-0.1, -0.05) is 60.7 Å². The Hall–Kier alpha value is -6.13. The Morgan fingerprint density at radius 3 is 2.04 bits per heavy atom. The van der Waals surface area contributed by atoms with Crippen molar-refractivity contribution in [3.8, 4) is 0 Å².